The van der Waals surface area contributed by atoms with Crippen LogP contribution in [0, 0.1) is 23.2 Å². The molecule has 7 nitrogen and oxygen atoms in total. The first-order valence-corrected chi connectivity index (χ1v) is 12.9. The Hall–Kier alpha value is -3.03. The fraction of sp³-hybridized carbons (Fsp3) is 0.500. The molecule has 3 aliphatic rings. The van der Waals surface area contributed by atoms with Gasteiger partial charge in [-0.3, -0.25) is 14.4 Å². The van der Waals surface area contributed by atoms with E-state index in [1.807, 2.05) is 44.2 Å². The number of carbonyl (C=O) groups is 3. The molecule has 1 heterocycles. The number of Topliss-reactive ketones (excluding diaryl/α,β-unsaturated/α-hetero) is 1. The highest BCUT2D eigenvalue weighted by molar-refractivity contribution is 5.91. The number of esters is 1. The minimum Gasteiger partial charge on any atom is -0.457 e. The van der Waals surface area contributed by atoms with E-state index in [4.69, 9.17) is 4.74 Å². The average molecular weight is 508 g/mol. The molecule has 0 radical (unpaired) electrons. The van der Waals surface area contributed by atoms with E-state index in [0.717, 1.165) is 16.7 Å². The van der Waals surface area contributed by atoms with Crippen molar-refractivity contribution in [3.63, 3.8) is 0 Å². The topological polar surface area (TPSA) is 113 Å². The number of aliphatic hydroxyl groups excluding tert-OH is 1. The Morgan fingerprint density at radius 3 is 2.46 bits per heavy atom. The van der Waals surface area contributed by atoms with Gasteiger partial charge in [-0.05, 0) is 56.9 Å². The number of benzene rings is 1. The summed E-state index contributed by atoms with van der Waals surface area (Å²) in [5.41, 5.74) is -0.500. The molecule has 198 valence electrons. The molecule has 1 saturated heterocycles. The lowest BCUT2D eigenvalue weighted by Gasteiger charge is -2.49. The molecule has 1 unspecified atom stereocenters. The maximum absolute atomic E-state index is 14.2. The van der Waals surface area contributed by atoms with Crippen LogP contribution in [0.15, 0.2) is 65.8 Å². The Morgan fingerprint density at radius 2 is 1.81 bits per heavy atom. The van der Waals surface area contributed by atoms with Crippen molar-refractivity contribution in [1.82, 2.24) is 5.32 Å². The number of hydrogen-bond acceptors (Lipinski definition) is 6. The van der Waals surface area contributed by atoms with Gasteiger partial charge in [0.2, 0.25) is 5.91 Å². The van der Waals surface area contributed by atoms with Gasteiger partial charge in [0, 0.05) is 30.7 Å². The Morgan fingerprint density at radius 1 is 1.14 bits per heavy atom. The van der Waals surface area contributed by atoms with Crippen molar-refractivity contribution < 1.29 is 29.3 Å². The molecule has 0 aromatic heterocycles. The smallest absolute Gasteiger partial charge is 0.303 e. The first kappa shape index (κ1) is 27.0. The molecule has 1 aliphatic heterocycles. The van der Waals surface area contributed by atoms with Crippen LogP contribution in [-0.2, 0) is 25.5 Å². The van der Waals surface area contributed by atoms with Gasteiger partial charge in [-0.1, -0.05) is 55.0 Å². The predicted molar refractivity (Wildman–Crippen MR) is 139 cm³/mol. The number of amides is 1. The molecule has 1 amide bonds. The van der Waals surface area contributed by atoms with Crippen LogP contribution >= 0.6 is 0 Å². The molecular formula is C30H37NO6. The minimum absolute atomic E-state index is 0.314. The number of rotatable bonds is 3. The van der Waals surface area contributed by atoms with Crippen molar-refractivity contribution in [1.29, 1.82) is 0 Å². The lowest BCUT2D eigenvalue weighted by Crippen LogP contribution is -2.58. The Balaban J connectivity index is 1.96. The SMILES string of the molecule is CC(=O)O[C@H]1C=C[C@@](C)(O)C(=O)[C@H](C)CC=C[C@H]2[C@H](O)C(C)=C(C)C3[C@H](Cc4ccccc4)NC(=O)[C@@]312. The van der Waals surface area contributed by atoms with E-state index in [9.17, 15) is 24.6 Å². The fourth-order valence-corrected chi connectivity index (χ4v) is 6.54. The van der Waals surface area contributed by atoms with E-state index in [2.05, 4.69) is 5.32 Å². The van der Waals surface area contributed by atoms with Crippen LogP contribution in [0.5, 0.6) is 0 Å². The summed E-state index contributed by atoms with van der Waals surface area (Å²) in [5, 5.41) is 25.7. The van der Waals surface area contributed by atoms with E-state index < -0.39 is 46.9 Å². The van der Waals surface area contributed by atoms with E-state index in [-0.39, 0.29) is 17.7 Å². The van der Waals surface area contributed by atoms with Gasteiger partial charge in [0.25, 0.3) is 0 Å². The number of ketones is 1. The van der Waals surface area contributed by atoms with Gasteiger partial charge in [-0.15, -0.1) is 0 Å². The molecule has 37 heavy (non-hydrogen) atoms. The first-order valence-electron chi connectivity index (χ1n) is 12.9. The third-order valence-corrected chi connectivity index (χ3v) is 8.49. The van der Waals surface area contributed by atoms with Crippen molar-refractivity contribution >= 4 is 17.7 Å². The quantitative estimate of drug-likeness (QED) is 0.428. The summed E-state index contributed by atoms with van der Waals surface area (Å²) in [4.78, 5) is 39.5. The van der Waals surface area contributed by atoms with Gasteiger partial charge in [0.15, 0.2) is 5.78 Å². The van der Waals surface area contributed by atoms with Gasteiger partial charge in [-0.2, -0.15) is 0 Å². The summed E-state index contributed by atoms with van der Waals surface area (Å²) in [6.07, 6.45) is 5.17. The minimum atomic E-state index is -1.82. The Kier molecular flexibility index (Phi) is 7.32. The highest BCUT2D eigenvalue weighted by atomic mass is 16.5. The van der Waals surface area contributed by atoms with Crippen LogP contribution in [0.1, 0.15) is 46.6 Å². The molecule has 0 bridgehead atoms. The Bertz CT molecular complexity index is 1170. The maximum atomic E-state index is 14.2. The van der Waals surface area contributed by atoms with Crippen molar-refractivity contribution in [3.05, 3.63) is 71.3 Å². The predicted octanol–water partition coefficient (Wildman–Crippen LogP) is 3.06. The monoisotopic (exact) mass is 507 g/mol. The molecule has 7 heteroatoms. The lowest BCUT2D eigenvalue weighted by atomic mass is 9.54. The molecule has 1 fully saturated rings. The van der Waals surface area contributed by atoms with Gasteiger partial charge < -0.3 is 20.3 Å². The highest BCUT2D eigenvalue weighted by Crippen LogP contribution is 2.57. The van der Waals surface area contributed by atoms with Crippen LogP contribution in [0.4, 0.5) is 0 Å². The van der Waals surface area contributed by atoms with E-state index >= 15 is 0 Å². The largest absolute Gasteiger partial charge is 0.457 e. The maximum Gasteiger partial charge on any atom is 0.303 e. The number of hydrogen-bond donors (Lipinski definition) is 3. The van der Waals surface area contributed by atoms with Crippen molar-refractivity contribution in [2.24, 2.45) is 23.2 Å². The molecular weight excluding hydrogens is 470 g/mol. The summed E-state index contributed by atoms with van der Waals surface area (Å²) in [7, 11) is 0. The zero-order chi connectivity index (χ0) is 27.1. The van der Waals surface area contributed by atoms with Crippen molar-refractivity contribution in [2.45, 2.75) is 71.3 Å². The summed E-state index contributed by atoms with van der Waals surface area (Å²) in [6, 6.07) is 9.52. The van der Waals surface area contributed by atoms with Crippen molar-refractivity contribution in [2.75, 3.05) is 0 Å². The number of carbonyl (C=O) groups excluding carboxylic acids is 3. The van der Waals surface area contributed by atoms with Gasteiger partial charge in [0.1, 0.15) is 17.1 Å². The lowest BCUT2D eigenvalue weighted by molar-refractivity contribution is -0.161. The fourth-order valence-electron chi connectivity index (χ4n) is 6.54. The first-order chi connectivity index (χ1) is 17.4. The zero-order valence-corrected chi connectivity index (χ0v) is 22.1. The number of aliphatic hydroxyl groups is 2. The molecule has 2 aliphatic carbocycles. The molecule has 3 N–H and O–H groups in total. The number of allylic oxidation sites excluding steroid dienone is 1. The average Bonchev–Trinajstić information content (AvgIpc) is 3.13. The normalized spacial score (nSPS) is 37.9. The van der Waals surface area contributed by atoms with Crippen LogP contribution in [0.2, 0.25) is 0 Å². The third-order valence-electron chi connectivity index (χ3n) is 8.49. The molecule has 0 saturated carbocycles. The van der Waals surface area contributed by atoms with Crippen LogP contribution in [0.3, 0.4) is 0 Å². The van der Waals surface area contributed by atoms with E-state index in [1.54, 1.807) is 19.1 Å². The summed E-state index contributed by atoms with van der Waals surface area (Å²) >= 11 is 0. The number of nitrogens with one attached hydrogen (secondary N) is 1. The van der Waals surface area contributed by atoms with Crippen LogP contribution < -0.4 is 5.32 Å². The third kappa shape index (κ3) is 4.59. The Labute approximate surface area is 218 Å². The molecule has 8 atom stereocenters. The molecule has 4 rings (SSSR count). The summed E-state index contributed by atoms with van der Waals surface area (Å²) in [6.45, 7) is 8.20. The second kappa shape index (κ2) is 10.0. The van der Waals surface area contributed by atoms with E-state index in [0.29, 0.717) is 12.8 Å². The second-order valence-electron chi connectivity index (χ2n) is 11.0. The summed E-state index contributed by atoms with van der Waals surface area (Å²) < 4.78 is 5.82. The molecule has 1 spiro atoms. The second-order valence-corrected chi connectivity index (χ2v) is 11.0. The van der Waals surface area contributed by atoms with Crippen LogP contribution in [-0.4, -0.2) is 51.7 Å². The van der Waals surface area contributed by atoms with Gasteiger partial charge in [-0.25, -0.2) is 0 Å². The van der Waals surface area contributed by atoms with Crippen LogP contribution in [0.25, 0.3) is 0 Å². The van der Waals surface area contributed by atoms with Gasteiger partial charge in [0.05, 0.1) is 6.10 Å². The number of ether oxygens (including phenoxy) is 1. The summed E-state index contributed by atoms with van der Waals surface area (Å²) in [5.74, 6) is -2.92. The standard InChI is InChI=1S/C30H37NO6/c1-17-10-9-13-22-26(33)19(3)18(2)25-23(16-21-11-7-6-8-12-21)31-28(35)30(22,25)24(37-20(4)32)14-15-29(5,36)27(17)34/h6-9,11-15,17,22-26,33,36H,10,16H2,1-5H3,(H,31,35)/t17-,22+,23+,24+,25?,26-,29-,30-/m1/s1. The molecule has 1 aromatic rings. The molecule has 1 aromatic carbocycles. The van der Waals surface area contributed by atoms with Crippen molar-refractivity contribution in [3.8, 4) is 0 Å². The highest BCUT2D eigenvalue weighted by Gasteiger charge is 2.67. The van der Waals surface area contributed by atoms with Gasteiger partial charge >= 0.3 is 5.97 Å². The van der Waals surface area contributed by atoms with E-state index in [1.165, 1.54) is 26.0 Å². The zero-order valence-electron chi connectivity index (χ0n) is 22.1.